The summed E-state index contributed by atoms with van der Waals surface area (Å²) in [5.41, 5.74) is 2.86. The summed E-state index contributed by atoms with van der Waals surface area (Å²) in [5, 5.41) is 20.9. The number of thioether (sulfide) groups is 1. The summed E-state index contributed by atoms with van der Waals surface area (Å²) in [5.74, 6) is 6.00. The van der Waals surface area contributed by atoms with Crippen LogP contribution in [0.1, 0.15) is 49.0 Å². The normalized spacial score (nSPS) is 20.0. The van der Waals surface area contributed by atoms with Crippen LogP contribution in [0.5, 0.6) is 0 Å². The first kappa shape index (κ1) is 22.3. The van der Waals surface area contributed by atoms with Gasteiger partial charge in [-0.3, -0.25) is 14.8 Å². The van der Waals surface area contributed by atoms with E-state index < -0.39 is 22.6 Å². The highest BCUT2D eigenvalue weighted by Gasteiger charge is 2.36. The predicted octanol–water partition coefficient (Wildman–Crippen LogP) is 2.19. The number of amides is 2. The van der Waals surface area contributed by atoms with Gasteiger partial charge in [0, 0.05) is 28.4 Å². The molecule has 0 radical (unpaired) electrons. The van der Waals surface area contributed by atoms with Crippen LogP contribution in [0.2, 0.25) is 0 Å². The first-order valence-electron chi connectivity index (χ1n) is 9.33. The summed E-state index contributed by atoms with van der Waals surface area (Å²) >= 11 is 1.42. The van der Waals surface area contributed by atoms with Crippen LogP contribution in [0.4, 0.5) is 0 Å². The minimum Gasteiger partial charge on any atom is -0.396 e. The van der Waals surface area contributed by atoms with E-state index in [-0.39, 0.29) is 6.61 Å². The Labute approximate surface area is 170 Å². The third-order valence-electron chi connectivity index (χ3n) is 5.24. The molecule has 1 aliphatic carbocycles. The number of hydrogen-bond donors (Lipinski definition) is 4. The smallest absolute Gasteiger partial charge is 0.267 e. The first-order chi connectivity index (χ1) is 13.3. The molecule has 0 aliphatic heterocycles. The summed E-state index contributed by atoms with van der Waals surface area (Å²) in [6.07, 6.45) is 4.80. The standard InChI is InChI=1S/C21H28N2O4S/c1-21(2,28-3)18(20(26)23-27)22-19(25)17-10-8-14(9-11-17)4-5-15-6-7-16(12-15)13-24/h8-11,15-16,18,24,27H,6-7,12-13H2,1-3H3,(H,22,25)(H,23,26)/t15?,16?,18-/m1/s1. The fraction of sp³-hybridized carbons (Fsp3) is 0.524. The molecule has 0 spiro atoms. The van der Waals surface area contributed by atoms with E-state index in [0.717, 1.165) is 24.8 Å². The molecule has 1 aromatic carbocycles. The molecule has 2 rings (SSSR count). The third kappa shape index (κ3) is 5.74. The lowest BCUT2D eigenvalue weighted by atomic mass is 10.0. The molecule has 4 N–H and O–H groups in total. The van der Waals surface area contributed by atoms with Crippen molar-refractivity contribution in [3.05, 3.63) is 35.4 Å². The zero-order valence-electron chi connectivity index (χ0n) is 16.5. The van der Waals surface area contributed by atoms with Crippen molar-refractivity contribution in [2.75, 3.05) is 12.9 Å². The number of nitrogens with one attached hydrogen (secondary N) is 2. The van der Waals surface area contributed by atoms with Gasteiger partial charge in [-0.15, -0.1) is 0 Å². The summed E-state index contributed by atoms with van der Waals surface area (Å²) in [7, 11) is 0. The molecule has 0 saturated heterocycles. The van der Waals surface area contributed by atoms with Gasteiger partial charge < -0.3 is 10.4 Å². The number of hydroxylamine groups is 1. The molecule has 1 saturated carbocycles. The number of aliphatic hydroxyl groups excluding tert-OH is 1. The lowest BCUT2D eigenvalue weighted by molar-refractivity contribution is -0.131. The molecule has 1 fully saturated rings. The molecule has 7 heteroatoms. The maximum Gasteiger partial charge on any atom is 0.267 e. The minimum absolute atomic E-state index is 0.227. The van der Waals surface area contributed by atoms with Gasteiger partial charge in [0.25, 0.3) is 11.8 Å². The van der Waals surface area contributed by atoms with Crippen molar-refractivity contribution in [1.82, 2.24) is 10.8 Å². The Hall–Kier alpha value is -2.01. The van der Waals surface area contributed by atoms with E-state index in [1.165, 1.54) is 11.8 Å². The average molecular weight is 405 g/mol. The quantitative estimate of drug-likeness (QED) is 0.331. The second-order valence-corrected chi connectivity index (χ2v) is 9.06. The maximum atomic E-state index is 12.5. The van der Waals surface area contributed by atoms with E-state index in [0.29, 0.717) is 17.4 Å². The number of carbonyl (C=O) groups excluding carboxylic acids is 2. The number of aliphatic hydroxyl groups is 1. The van der Waals surface area contributed by atoms with Crippen molar-refractivity contribution < 1.29 is 19.9 Å². The second kappa shape index (κ2) is 9.97. The molecule has 28 heavy (non-hydrogen) atoms. The van der Waals surface area contributed by atoms with Gasteiger partial charge in [0.15, 0.2) is 0 Å². The summed E-state index contributed by atoms with van der Waals surface area (Å²) < 4.78 is -0.596. The molecule has 1 aromatic rings. The van der Waals surface area contributed by atoms with E-state index in [4.69, 9.17) is 5.21 Å². The zero-order chi connectivity index (χ0) is 20.7. The predicted molar refractivity (Wildman–Crippen MR) is 110 cm³/mol. The summed E-state index contributed by atoms with van der Waals surface area (Å²) in [6.45, 7) is 3.87. The topological polar surface area (TPSA) is 98.7 Å². The molecule has 1 aliphatic rings. The fourth-order valence-corrected chi connectivity index (χ4v) is 3.62. The monoisotopic (exact) mass is 404 g/mol. The third-order valence-corrected chi connectivity index (χ3v) is 6.52. The Morgan fingerprint density at radius 1 is 1.29 bits per heavy atom. The highest BCUT2D eigenvalue weighted by atomic mass is 32.2. The number of benzene rings is 1. The number of rotatable bonds is 6. The van der Waals surface area contributed by atoms with Crippen molar-refractivity contribution in [2.45, 2.75) is 43.9 Å². The summed E-state index contributed by atoms with van der Waals surface area (Å²) in [6, 6.07) is 6.01. The van der Waals surface area contributed by atoms with Gasteiger partial charge in [-0.2, -0.15) is 11.8 Å². The average Bonchev–Trinajstić information content (AvgIpc) is 3.18. The van der Waals surface area contributed by atoms with Crippen LogP contribution in [0.3, 0.4) is 0 Å². The van der Waals surface area contributed by atoms with E-state index in [9.17, 15) is 14.7 Å². The molecule has 6 nitrogen and oxygen atoms in total. The van der Waals surface area contributed by atoms with Crippen LogP contribution in [0.15, 0.2) is 24.3 Å². The lowest BCUT2D eigenvalue weighted by Crippen LogP contribution is -2.55. The van der Waals surface area contributed by atoms with Gasteiger partial charge in [0.1, 0.15) is 6.04 Å². The van der Waals surface area contributed by atoms with Gasteiger partial charge in [0.05, 0.1) is 0 Å². The van der Waals surface area contributed by atoms with Crippen molar-refractivity contribution >= 4 is 23.6 Å². The molecule has 152 valence electrons. The number of carbonyl (C=O) groups is 2. The lowest BCUT2D eigenvalue weighted by Gasteiger charge is -2.31. The van der Waals surface area contributed by atoms with Crippen LogP contribution < -0.4 is 10.8 Å². The molecule has 0 bridgehead atoms. The molecule has 2 unspecified atom stereocenters. The summed E-state index contributed by atoms with van der Waals surface area (Å²) in [4.78, 5) is 24.5. The maximum absolute atomic E-state index is 12.5. The van der Waals surface area contributed by atoms with E-state index >= 15 is 0 Å². The fourth-order valence-electron chi connectivity index (χ4n) is 3.21. The number of hydrogen-bond acceptors (Lipinski definition) is 5. The van der Waals surface area contributed by atoms with Crippen LogP contribution >= 0.6 is 11.8 Å². The SMILES string of the molecule is CSC(C)(C)[C@H](NC(=O)c1ccc(C#CC2CCC(CO)C2)cc1)C(=O)NO. The Morgan fingerprint density at radius 2 is 1.96 bits per heavy atom. The van der Waals surface area contributed by atoms with Gasteiger partial charge in [0.2, 0.25) is 0 Å². The van der Waals surface area contributed by atoms with Gasteiger partial charge >= 0.3 is 0 Å². The Bertz CT molecular complexity index is 752. The Morgan fingerprint density at radius 3 is 2.50 bits per heavy atom. The van der Waals surface area contributed by atoms with Crippen LogP contribution in [-0.2, 0) is 4.79 Å². The molecular weight excluding hydrogens is 376 g/mol. The highest BCUT2D eigenvalue weighted by molar-refractivity contribution is 8.00. The van der Waals surface area contributed by atoms with Gasteiger partial charge in [-0.05, 0) is 69.5 Å². The van der Waals surface area contributed by atoms with Crippen LogP contribution in [0, 0.1) is 23.7 Å². The molecule has 2 amide bonds. The van der Waals surface area contributed by atoms with Gasteiger partial charge in [-0.25, -0.2) is 5.48 Å². The molecule has 0 aromatic heterocycles. The highest BCUT2D eigenvalue weighted by Crippen LogP contribution is 2.30. The van der Waals surface area contributed by atoms with E-state index in [1.54, 1.807) is 29.7 Å². The minimum atomic E-state index is -0.888. The first-order valence-corrected chi connectivity index (χ1v) is 10.6. The van der Waals surface area contributed by atoms with Crippen molar-refractivity contribution in [3.8, 4) is 11.8 Å². The Balaban J connectivity index is 2.04. The van der Waals surface area contributed by atoms with Crippen LogP contribution in [0.25, 0.3) is 0 Å². The van der Waals surface area contributed by atoms with E-state index in [2.05, 4.69) is 17.2 Å². The zero-order valence-corrected chi connectivity index (χ0v) is 17.3. The molecule has 0 heterocycles. The molecular formula is C21H28N2O4S. The van der Waals surface area contributed by atoms with Crippen molar-refractivity contribution in [1.29, 1.82) is 0 Å². The molecule has 3 atom stereocenters. The van der Waals surface area contributed by atoms with Crippen LogP contribution in [-0.4, -0.2) is 45.8 Å². The largest absolute Gasteiger partial charge is 0.396 e. The van der Waals surface area contributed by atoms with Crippen molar-refractivity contribution in [2.24, 2.45) is 11.8 Å². The van der Waals surface area contributed by atoms with E-state index in [1.807, 2.05) is 20.1 Å². The Kier molecular flexibility index (Phi) is 7.93. The second-order valence-electron chi connectivity index (χ2n) is 7.60. The van der Waals surface area contributed by atoms with Crippen molar-refractivity contribution in [3.63, 3.8) is 0 Å². The van der Waals surface area contributed by atoms with Gasteiger partial charge in [-0.1, -0.05) is 11.8 Å².